The number of methoxy groups -OCH3 is 1. The average Bonchev–Trinajstić information content (AvgIpc) is 3.28. The Balaban J connectivity index is 1.76. The van der Waals surface area contributed by atoms with Crippen molar-refractivity contribution in [3.63, 3.8) is 0 Å². The van der Waals surface area contributed by atoms with E-state index in [-0.39, 0.29) is 18.2 Å². The zero-order valence-corrected chi connectivity index (χ0v) is 14.4. The maximum Gasteiger partial charge on any atom is 0.289 e. The number of ether oxygens (including phenoxy) is 1. The maximum atomic E-state index is 12.7. The van der Waals surface area contributed by atoms with E-state index in [9.17, 15) is 4.79 Å². The van der Waals surface area contributed by atoms with E-state index in [1.54, 1.807) is 31.1 Å². The summed E-state index contributed by atoms with van der Waals surface area (Å²) in [7, 11) is 1.61. The molecule has 7 heteroatoms. The van der Waals surface area contributed by atoms with Gasteiger partial charge in [-0.25, -0.2) is 0 Å². The van der Waals surface area contributed by atoms with Crippen molar-refractivity contribution >= 4 is 5.91 Å². The van der Waals surface area contributed by atoms with Crippen LogP contribution in [-0.2, 0) is 6.54 Å². The Morgan fingerprint density at radius 3 is 2.56 bits per heavy atom. The molecule has 0 N–H and O–H groups in total. The van der Waals surface area contributed by atoms with Crippen LogP contribution in [0.5, 0.6) is 5.75 Å². The highest BCUT2D eigenvalue weighted by Gasteiger charge is 2.20. The van der Waals surface area contributed by atoms with Crippen molar-refractivity contribution in [1.29, 1.82) is 0 Å². The Morgan fingerprint density at radius 2 is 1.96 bits per heavy atom. The molecular formula is C18H19N3O4. The van der Waals surface area contributed by atoms with Gasteiger partial charge in [-0.2, -0.15) is 4.98 Å². The van der Waals surface area contributed by atoms with Gasteiger partial charge in [0.2, 0.25) is 5.89 Å². The lowest BCUT2D eigenvalue weighted by Gasteiger charge is -2.17. The smallest absolute Gasteiger partial charge is 0.289 e. The number of carbonyl (C=O) groups excluding carboxylic acids is 1. The first-order valence-corrected chi connectivity index (χ1v) is 7.93. The van der Waals surface area contributed by atoms with Gasteiger partial charge >= 0.3 is 0 Å². The van der Waals surface area contributed by atoms with Gasteiger partial charge in [-0.05, 0) is 43.3 Å². The zero-order valence-electron chi connectivity index (χ0n) is 14.4. The molecule has 0 aliphatic heterocycles. The number of rotatable bonds is 6. The molecule has 0 atom stereocenters. The second kappa shape index (κ2) is 7.21. The molecule has 1 aromatic carbocycles. The van der Waals surface area contributed by atoms with Gasteiger partial charge < -0.3 is 18.6 Å². The molecule has 0 spiro atoms. The van der Waals surface area contributed by atoms with Crippen LogP contribution < -0.4 is 4.74 Å². The van der Waals surface area contributed by atoms with E-state index >= 15 is 0 Å². The molecule has 7 nitrogen and oxygen atoms in total. The van der Waals surface area contributed by atoms with Crippen molar-refractivity contribution in [2.24, 2.45) is 0 Å². The van der Waals surface area contributed by atoms with Crippen molar-refractivity contribution in [3.8, 4) is 17.1 Å². The summed E-state index contributed by atoms with van der Waals surface area (Å²) in [6, 6.07) is 10.9. The number of aryl methyl sites for hydroxylation is 1. The average molecular weight is 341 g/mol. The van der Waals surface area contributed by atoms with E-state index in [1.807, 2.05) is 31.2 Å². The molecule has 25 heavy (non-hydrogen) atoms. The molecule has 1 amide bonds. The van der Waals surface area contributed by atoms with Crippen LogP contribution in [-0.4, -0.2) is 34.6 Å². The number of nitrogens with zero attached hydrogens (tertiary/aromatic N) is 3. The fourth-order valence-electron chi connectivity index (χ4n) is 2.42. The third kappa shape index (κ3) is 3.71. The van der Waals surface area contributed by atoms with Gasteiger partial charge in [-0.15, -0.1) is 0 Å². The van der Waals surface area contributed by atoms with Crippen molar-refractivity contribution in [3.05, 3.63) is 53.9 Å². The fourth-order valence-corrected chi connectivity index (χ4v) is 2.42. The van der Waals surface area contributed by atoms with Gasteiger partial charge in [0.05, 0.1) is 13.7 Å². The number of furan rings is 1. The maximum absolute atomic E-state index is 12.7. The molecule has 2 heterocycles. The third-order valence-electron chi connectivity index (χ3n) is 3.76. The van der Waals surface area contributed by atoms with E-state index < -0.39 is 0 Å². The van der Waals surface area contributed by atoms with Gasteiger partial charge in [0.25, 0.3) is 5.91 Å². The molecule has 0 radical (unpaired) electrons. The molecule has 0 unspecified atom stereocenters. The van der Waals surface area contributed by atoms with Crippen LogP contribution in [0.2, 0.25) is 0 Å². The molecule has 0 aliphatic rings. The standard InChI is InChI=1S/C18H19N3O4/c1-4-21(11-17-19-12(2)25-20-17)18(22)16-10-9-15(24-16)13-5-7-14(23-3)8-6-13/h5-10H,4,11H2,1-3H3. The van der Waals surface area contributed by atoms with Gasteiger partial charge in [-0.1, -0.05) is 5.16 Å². The molecule has 0 saturated heterocycles. The summed E-state index contributed by atoms with van der Waals surface area (Å²) >= 11 is 0. The SMILES string of the molecule is CCN(Cc1noc(C)n1)C(=O)c1ccc(-c2ccc(OC)cc2)o1. The molecule has 130 valence electrons. The van der Waals surface area contributed by atoms with E-state index in [4.69, 9.17) is 13.7 Å². The van der Waals surface area contributed by atoms with Crippen LogP contribution in [0.15, 0.2) is 45.3 Å². The van der Waals surface area contributed by atoms with Crippen LogP contribution in [0.1, 0.15) is 29.2 Å². The highest BCUT2D eigenvalue weighted by Crippen LogP contribution is 2.25. The van der Waals surface area contributed by atoms with Crippen LogP contribution in [0.3, 0.4) is 0 Å². The number of benzene rings is 1. The predicted octanol–water partition coefficient (Wildman–Crippen LogP) is 3.31. The minimum atomic E-state index is -0.218. The fraction of sp³-hybridized carbons (Fsp3) is 0.278. The number of hydrogen-bond donors (Lipinski definition) is 0. The van der Waals surface area contributed by atoms with Crippen LogP contribution in [0.25, 0.3) is 11.3 Å². The predicted molar refractivity (Wildman–Crippen MR) is 90.1 cm³/mol. The van der Waals surface area contributed by atoms with E-state index in [0.29, 0.717) is 24.0 Å². The first kappa shape index (κ1) is 16.8. The quantitative estimate of drug-likeness (QED) is 0.684. The second-order valence-electron chi connectivity index (χ2n) is 5.44. The number of aromatic nitrogens is 2. The van der Waals surface area contributed by atoms with Crippen LogP contribution >= 0.6 is 0 Å². The highest BCUT2D eigenvalue weighted by atomic mass is 16.5. The normalized spacial score (nSPS) is 10.7. The number of amides is 1. The lowest BCUT2D eigenvalue weighted by molar-refractivity contribution is 0.0716. The largest absolute Gasteiger partial charge is 0.497 e. The summed E-state index contributed by atoms with van der Waals surface area (Å²) in [4.78, 5) is 18.4. The van der Waals surface area contributed by atoms with E-state index in [2.05, 4.69) is 10.1 Å². The lowest BCUT2D eigenvalue weighted by atomic mass is 10.2. The summed E-state index contributed by atoms with van der Waals surface area (Å²) in [6.07, 6.45) is 0. The Kier molecular flexibility index (Phi) is 4.83. The molecule has 2 aromatic heterocycles. The summed E-state index contributed by atoms with van der Waals surface area (Å²) in [6.45, 7) is 4.37. The number of hydrogen-bond acceptors (Lipinski definition) is 6. The number of carbonyl (C=O) groups is 1. The Morgan fingerprint density at radius 1 is 1.20 bits per heavy atom. The molecule has 3 rings (SSSR count). The van der Waals surface area contributed by atoms with Crippen LogP contribution in [0.4, 0.5) is 0 Å². The van der Waals surface area contributed by atoms with Crippen LogP contribution in [0, 0.1) is 6.92 Å². The van der Waals surface area contributed by atoms with Gasteiger partial charge in [0.15, 0.2) is 11.6 Å². The Bertz CT molecular complexity index is 851. The summed E-state index contributed by atoms with van der Waals surface area (Å²) in [5.74, 6) is 2.38. The minimum absolute atomic E-state index is 0.218. The molecule has 3 aromatic rings. The second-order valence-corrected chi connectivity index (χ2v) is 5.44. The highest BCUT2D eigenvalue weighted by molar-refractivity contribution is 5.92. The topological polar surface area (TPSA) is 81.6 Å². The lowest BCUT2D eigenvalue weighted by Crippen LogP contribution is -2.30. The van der Waals surface area contributed by atoms with Gasteiger partial charge in [0.1, 0.15) is 11.5 Å². The first-order chi connectivity index (χ1) is 12.1. The van der Waals surface area contributed by atoms with Gasteiger partial charge in [-0.3, -0.25) is 4.79 Å². The van der Waals surface area contributed by atoms with Crippen molar-refractivity contribution < 1.29 is 18.5 Å². The van der Waals surface area contributed by atoms with Crippen molar-refractivity contribution in [2.75, 3.05) is 13.7 Å². The first-order valence-electron chi connectivity index (χ1n) is 7.93. The van der Waals surface area contributed by atoms with Crippen molar-refractivity contribution in [2.45, 2.75) is 20.4 Å². The monoisotopic (exact) mass is 341 g/mol. The molecule has 0 fully saturated rings. The van der Waals surface area contributed by atoms with E-state index in [1.165, 1.54) is 0 Å². The van der Waals surface area contributed by atoms with Crippen molar-refractivity contribution in [1.82, 2.24) is 15.0 Å². The molecule has 0 saturated carbocycles. The molecule has 0 aliphatic carbocycles. The Labute approximate surface area is 145 Å². The van der Waals surface area contributed by atoms with E-state index in [0.717, 1.165) is 11.3 Å². The summed E-state index contributed by atoms with van der Waals surface area (Å²) in [5.41, 5.74) is 0.872. The summed E-state index contributed by atoms with van der Waals surface area (Å²) < 4.78 is 15.8. The third-order valence-corrected chi connectivity index (χ3v) is 3.76. The zero-order chi connectivity index (χ0) is 17.8. The van der Waals surface area contributed by atoms with Gasteiger partial charge in [0, 0.05) is 19.0 Å². The molecular weight excluding hydrogens is 322 g/mol. The summed E-state index contributed by atoms with van der Waals surface area (Å²) in [5, 5.41) is 3.83. The minimum Gasteiger partial charge on any atom is -0.497 e. The molecule has 0 bridgehead atoms. The Hall–Kier alpha value is -3.09.